The molecule has 17 heavy (non-hydrogen) atoms. The number of carbonyl (C=O) groups is 1. The number of aliphatic hydroxyl groups is 1. The minimum Gasteiger partial charge on any atom is -0.478 e. The first kappa shape index (κ1) is 15.7. The molecule has 1 aromatic rings. The smallest absolute Gasteiger partial charge is 0.335 e. The van der Waals surface area contributed by atoms with E-state index in [4.69, 9.17) is 15.9 Å². The zero-order chi connectivity index (χ0) is 13.5. The van der Waals surface area contributed by atoms with Crippen molar-refractivity contribution >= 4 is 19.7 Å². The third kappa shape index (κ3) is 8.47. The maximum atomic E-state index is 10.3. The molecule has 0 bridgehead atoms. The van der Waals surface area contributed by atoms with Gasteiger partial charge in [-0.2, -0.15) is 0 Å². The number of hydrogen-bond acceptors (Lipinski definition) is 3. The average Bonchev–Trinajstić information content (AvgIpc) is 2.17. The number of aromatic carboxylic acids is 1. The van der Waals surface area contributed by atoms with Crippen LogP contribution in [0.25, 0.3) is 0 Å². The number of aliphatic hydroxyl groups excluding tert-OH is 1. The van der Waals surface area contributed by atoms with Crippen LogP contribution in [-0.2, 0) is 0 Å². The molecule has 96 valence electrons. The highest BCUT2D eigenvalue weighted by atomic mass is 28.3. The second-order valence-corrected chi connectivity index (χ2v) is 10.6. The lowest BCUT2D eigenvalue weighted by atomic mass is 10.2. The number of anilines is 1. The van der Waals surface area contributed by atoms with Gasteiger partial charge in [0.15, 0.2) is 0 Å². The number of hydrogen-bond donors (Lipinski definition) is 3. The molecule has 0 spiro atoms. The second kappa shape index (κ2) is 7.08. The van der Waals surface area contributed by atoms with E-state index in [9.17, 15) is 4.79 Å². The van der Waals surface area contributed by atoms with Gasteiger partial charge in [-0.1, -0.05) is 19.6 Å². The molecule has 1 aromatic carbocycles. The third-order valence-corrected chi connectivity index (χ3v) is 3.74. The van der Waals surface area contributed by atoms with Crippen LogP contribution < -0.4 is 5.73 Å². The van der Waals surface area contributed by atoms with E-state index in [1.807, 2.05) is 0 Å². The lowest BCUT2D eigenvalue weighted by Gasteiger charge is -2.11. The summed E-state index contributed by atoms with van der Waals surface area (Å²) in [6.45, 7) is 7.13. The van der Waals surface area contributed by atoms with Gasteiger partial charge in [0.1, 0.15) is 0 Å². The highest BCUT2D eigenvalue weighted by Gasteiger charge is 2.10. The van der Waals surface area contributed by atoms with Gasteiger partial charge in [-0.05, 0) is 30.3 Å². The zero-order valence-corrected chi connectivity index (χ0v) is 11.6. The number of rotatable bonds is 3. The standard InChI is InChI=1S/C7H7NO2.C5H14OSi/c8-6-3-1-5(2-4-6)7(9)10;1-7(2,3)5-4-6/h1-4H,8H2,(H,9,10);6H,4-5H2,1-3H3. The normalized spacial score (nSPS) is 10.4. The van der Waals surface area contributed by atoms with Crippen LogP contribution in [-0.4, -0.2) is 30.9 Å². The Labute approximate surface area is 103 Å². The van der Waals surface area contributed by atoms with Crippen molar-refractivity contribution in [2.24, 2.45) is 0 Å². The molecule has 0 saturated heterocycles. The van der Waals surface area contributed by atoms with Crippen LogP contribution in [0.2, 0.25) is 25.7 Å². The Morgan fingerprint density at radius 3 is 1.94 bits per heavy atom. The Morgan fingerprint density at radius 1 is 1.24 bits per heavy atom. The van der Waals surface area contributed by atoms with Crippen molar-refractivity contribution in [1.29, 1.82) is 0 Å². The quantitative estimate of drug-likeness (QED) is 0.571. The van der Waals surface area contributed by atoms with Gasteiger partial charge in [0.05, 0.1) is 5.56 Å². The first-order valence-corrected chi connectivity index (χ1v) is 9.16. The molecule has 0 atom stereocenters. The molecule has 0 aromatic heterocycles. The Bertz CT molecular complexity index is 344. The molecular weight excluding hydrogens is 234 g/mol. The van der Waals surface area contributed by atoms with E-state index in [1.54, 1.807) is 12.1 Å². The van der Waals surface area contributed by atoms with Crippen molar-refractivity contribution < 1.29 is 15.0 Å². The van der Waals surface area contributed by atoms with Gasteiger partial charge in [-0.3, -0.25) is 0 Å². The van der Waals surface area contributed by atoms with Gasteiger partial charge in [0, 0.05) is 20.4 Å². The molecule has 0 heterocycles. The van der Waals surface area contributed by atoms with E-state index in [0.717, 1.165) is 6.04 Å². The number of nitrogens with two attached hydrogens (primary N) is 1. The Balaban J connectivity index is 0.000000325. The van der Waals surface area contributed by atoms with E-state index in [2.05, 4.69) is 19.6 Å². The van der Waals surface area contributed by atoms with E-state index in [1.165, 1.54) is 12.1 Å². The average molecular weight is 255 g/mol. The molecule has 1 rings (SSSR count). The van der Waals surface area contributed by atoms with Crippen molar-refractivity contribution in [3.8, 4) is 0 Å². The SMILES string of the molecule is C[Si](C)(C)CCO.Nc1ccc(C(=O)O)cc1. The summed E-state index contributed by atoms with van der Waals surface area (Å²) in [5.74, 6) is -0.931. The lowest BCUT2D eigenvalue weighted by molar-refractivity contribution is 0.0697. The van der Waals surface area contributed by atoms with Crippen LogP contribution in [0.15, 0.2) is 24.3 Å². The molecule has 0 aliphatic rings. The summed E-state index contributed by atoms with van der Waals surface area (Å²) in [7, 11) is -0.907. The molecule has 0 fully saturated rings. The summed E-state index contributed by atoms with van der Waals surface area (Å²) in [5, 5.41) is 16.9. The molecule has 0 aliphatic carbocycles. The predicted octanol–water partition coefficient (Wildman–Crippen LogP) is 2.28. The molecule has 0 amide bonds. The number of benzene rings is 1. The van der Waals surface area contributed by atoms with Crippen LogP contribution in [0.1, 0.15) is 10.4 Å². The van der Waals surface area contributed by atoms with Crippen LogP contribution in [0.3, 0.4) is 0 Å². The highest BCUT2D eigenvalue weighted by molar-refractivity contribution is 6.76. The second-order valence-electron chi connectivity index (χ2n) is 4.96. The fraction of sp³-hybridized carbons (Fsp3) is 0.417. The van der Waals surface area contributed by atoms with E-state index >= 15 is 0 Å². The van der Waals surface area contributed by atoms with Crippen molar-refractivity contribution in [2.45, 2.75) is 25.7 Å². The summed E-state index contributed by atoms with van der Waals surface area (Å²) < 4.78 is 0. The zero-order valence-electron chi connectivity index (χ0n) is 10.6. The summed E-state index contributed by atoms with van der Waals surface area (Å²) in [6, 6.07) is 7.09. The number of carboxylic acids is 1. The molecule has 0 aliphatic heterocycles. The summed E-state index contributed by atoms with van der Waals surface area (Å²) in [5.41, 5.74) is 6.17. The van der Waals surface area contributed by atoms with Gasteiger partial charge in [-0.15, -0.1) is 0 Å². The molecule has 4 nitrogen and oxygen atoms in total. The van der Waals surface area contributed by atoms with Crippen LogP contribution in [0, 0.1) is 0 Å². The first-order chi connectivity index (χ1) is 7.76. The predicted molar refractivity (Wildman–Crippen MR) is 73.1 cm³/mol. The first-order valence-electron chi connectivity index (χ1n) is 5.46. The minimum absolute atomic E-state index is 0.259. The van der Waals surface area contributed by atoms with E-state index < -0.39 is 14.0 Å². The highest BCUT2D eigenvalue weighted by Crippen LogP contribution is 2.05. The van der Waals surface area contributed by atoms with E-state index in [0.29, 0.717) is 12.3 Å². The largest absolute Gasteiger partial charge is 0.478 e. The topological polar surface area (TPSA) is 83.5 Å². The monoisotopic (exact) mass is 255 g/mol. The number of carboxylic acid groups (broad SMARTS) is 1. The minimum atomic E-state index is -0.931. The fourth-order valence-electron chi connectivity index (χ4n) is 0.961. The van der Waals surface area contributed by atoms with Crippen molar-refractivity contribution in [3.05, 3.63) is 29.8 Å². The van der Waals surface area contributed by atoms with E-state index in [-0.39, 0.29) is 5.56 Å². The molecule has 0 radical (unpaired) electrons. The molecular formula is C12H21NO3Si. The maximum Gasteiger partial charge on any atom is 0.335 e. The Morgan fingerprint density at radius 2 is 1.71 bits per heavy atom. The Hall–Kier alpha value is -1.33. The molecule has 5 heteroatoms. The molecule has 4 N–H and O–H groups in total. The van der Waals surface area contributed by atoms with Gasteiger partial charge < -0.3 is 15.9 Å². The third-order valence-electron chi connectivity index (χ3n) is 2.02. The summed E-state index contributed by atoms with van der Waals surface area (Å²) in [4.78, 5) is 10.3. The Kier molecular flexibility index (Phi) is 6.53. The van der Waals surface area contributed by atoms with Gasteiger partial charge >= 0.3 is 5.97 Å². The van der Waals surface area contributed by atoms with Crippen molar-refractivity contribution in [1.82, 2.24) is 0 Å². The van der Waals surface area contributed by atoms with Crippen molar-refractivity contribution in [3.63, 3.8) is 0 Å². The lowest BCUT2D eigenvalue weighted by Crippen LogP contribution is -2.20. The summed E-state index contributed by atoms with van der Waals surface area (Å²) >= 11 is 0. The van der Waals surface area contributed by atoms with Gasteiger partial charge in [0.2, 0.25) is 0 Å². The van der Waals surface area contributed by atoms with Gasteiger partial charge in [0.25, 0.3) is 0 Å². The molecule has 0 saturated carbocycles. The number of nitrogen functional groups attached to an aromatic ring is 1. The van der Waals surface area contributed by atoms with Crippen LogP contribution in [0.5, 0.6) is 0 Å². The van der Waals surface area contributed by atoms with Crippen molar-refractivity contribution in [2.75, 3.05) is 12.3 Å². The fourth-order valence-corrected chi connectivity index (χ4v) is 1.63. The maximum absolute atomic E-state index is 10.3. The van der Waals surface area contributed by atoms with Gasteiger partial charge in [-0.25, -0.2) is 4.79 Å². The summed E-state index contributed by atoms with van der Waals surface area (Å²) in [6.07, 6.45) is 0. The van der Waals surface area contributed by atoms with Crippen LogP contribution in [0.4, 0.5) is 5.69 Å². The molecule has 0 unspecified atom stereocenters. The van der Waals surface area contributed by atoms with Crippen LogP contribution >= 0.6 is 0 Å².